The Morgan fingerprint density at radius 3 is 2.87 bits per heavy atom. The van der Waals surface area contributed by atoms with Gasteiger partial charge in [-0.15, -0.1) is 11.3 Å². The summed E-state index contributed by atoms with van der Waals surface area (Å²) in [6.07, 6.45) is 0. The van der Waals surface area contributed by atoms with Crippen molar-refractivity contribution in [1.29, 1.82) is 0 Å². The molecular weight excluding hydrogens is 210 g/mol. The SMILES string of the molecule is COc1ccccc1C(=O)c1cscn1. The molecule has 4 heteroatoms. The molecule has 0 spiro atoms. The number of nitrogens with zero attached hydrogens (tertiary/aromatic N) is 1. The normalized spacial score (nSPS) is 9.93. The average Bonchev–Trinajstić information content (AvgIpc) is 2.81. The van der Waals surface area contributed by atoms with Gasteiger partial charge in [-0.25, -0.2) is 4.98 Å². The van der Waals surface area contributed by atoms with E-state index in [0.29, 0.717) is 17.0 Å². The number of benzene rings is 1. The van der Waals surface area contributed by atoms with Gasteiger partial charge in [-0.1, -0.05) is 12.1 Å². The maximum atomic E-state index is 12.0. The van der Waals surface area contributed by atoms with Gasteiger partial charge in [0.2, 0.25) is 5.78 Å². The minimum absolute atomic E-state index is 0.103. The van der Waals surface area contributed by atoms with E-state index in [1.807, 2.05) is 12.1 Å². The van der Waals surface area contributed by atoms with E-state index in [2.05, 4.69) is 4.98 Å². The fourth-order valence-corrected chi connectivity index (χ4v) is 1.83. The lowest BCUT2D eigenvalue weighted by molar-refractivity contribution is 0.103. The van der Waals surface area contributed by atoms with Crippen molar-refractivity contribution in [3.05, 3.63) is 46.4 Å². The number of ketones is 1. The molecule has 15 heavy (non-hydrogen) atoms. The second-order valence-electron chi connectivity index (χ2n) is 2.90. The van der Waals surface area contributed by atoms with Crippen molar-refractivity contribution in [3.8, 4) is 5.75 Å². The highest BCUT2D eigenvalue weighted by Crippen LogP contribution is 2.20. The molecule has 0 N–H and O–H groups in total. The summed E-state index contributed by atoms with van der Waals surface area (Å²) in [4.78, 5) is 15.9. The van der Waals surface area contributed by atoms with Crippen LogP contribution in [-0.2, 0) is 0 Å². The Labute approximate surface area is 91.4 Å². The molecule has 0 aliphatic carbocycles. The largest absolute Gasteiger partial charge is 0.496 e. The monoisotopic (exact) mass is 219 g/mol. The minimum atomic E-state index is -0.103. The third-order valence-corrected chi connectivity index (χ3v) is 2.60. The number of ether oxygens (including phenoxy) is 1. The van der Waals surface area contributed by atoms with Crippen molar-refractivity contribution < 1.29 is 9.53 Å². The summed E-state index contributed by atoms with van der Waals surface area (Å²) in [5.74, 6) is 0.476. The van der Waals surface area contributed by atoms with Gasteiger partial charge in [0.1, 0.15) is 11.4 Å². The van der Waals surface area contributed by atoms with Gasteiger partial charge in [0.05, 0.1) is 18.2 Å². The molecule has 1 heterocycles. The summed E-state index contributed by atoms with van der Waals surface area (Å²) >= 11 is 1.40. The molecule has 3 nitrogen and oxygen atoms in total. The predicted molar refractivity (Wildman–Crippen MR) is 58.5 cm³/mol. The number of hydrogen-bond acceptors (Lipinski definition) is 4. The number of thiazole rings is 1. The maximum absolute atomic E-state index is 12.0. The van der Waals surface area contributed by atoms with Crippen molar-refractivity contribution in [2.75, 3.05) is 7.11 Å². The summed E-state index contributed by atoms with van der Waals surface area (Å²) in [6.45, 7) is 0. The summed E-state index contributed by atoms with van der Waals surface area (Å²) in [5, 5.41) is 1.73. The fourth-order valence-electron chi connectivity index (χ4n) is 1.29. The summed E-state index contributed by atoms with van der Waals surface area (Å²) < 4.78 is 5.12. The van der Waals surface area contributed by atoms with Gasteiger partial charge in [0, 0.05) is 5.38 Å². The number of hydrogen-bond donors (Lipinski definition) is 0. The molecule has 0 saturated carbocycles. The molecule has 0 radical (unpaired) electrons. The lowest BCUT2D eigenvalue weighted by Gasteiger charge is -2.04. The molecule has 0 saturated heterocycles. The van der Waals surface area contributed by atoms with E-state index >= 15 is 0 Å². The zero-order valence-corrected chi connectivity index (χ0v) is 8.95. The Kier molecular flexibility index (Phi) is 2.78. The van der Waals surface area contributed by atoms with Crippen LogP contribution in [0.4, 0.5) is 0 Å². The van der Waals surface area contributed by atoms with Gasteiger partial charge in [0.25, 0.3) is 0 Å². The Hall–Kier alpha value is -1.68. The first-order valence-electron chi connectivity index (χ1n) is 4.39. The third-order valence-electron chi connectivity index (χ3n) is 2.02. The topological polar surface area (TPSA) is 39.2 Å². The third kappa shape index (κ3) is 1.89. The first kappa shape index (κ1) is 9.86. The summed E-state index contributed by atoms with van der Waals surface area (Å²) in [6, 6.07) is 7.14. The van der Waals surface area contributed by atoms with Crippen LogP contribution in [-0.4, -0.2) is 17.9 Å². The van der Waals surface area contributed by atoms with Crippen LogP contribution in [0.1, 0.15) is 16.1 Å². The number of para-hydroxylation sites is 1. The van der Waals surface area contributed by atoms with Crippen LogP contribution in [0.3, 0.4) is 0 Å². The van der Waals surface area contributed by atoms with Gasteiger partial charge >= 0.3 is 0 Å². The van der Waals surface area contributed by atoms with Gasteiger partial charge in [-0.2, -0.15) is 0 Å². The van der Waals surface area contributed by atoms with Crippen molar-refractivity contribution in [2.45, 2.75) is 0 Å². The van der Waals surface area contributed by atoms with E-state index < -0.39 is 0 Å². The van der Waals surface area contributed by atoms with E-state index in [1.54, 1.807) is 30.1 Å². The molecule has 2 aromatic rings. The van der Waals surface area contributed by atoms with Crippen molar-refractivity contribution in [3.63, 3.8) is 0 Å². The van der Waals surface area contributed by atoms with Crippen molar-refractivity contribution in [1.82, 2.24) is 4.98 Å². The minimum Gasteiger partial charge on any atom is -0.496 e. The highest BCUT2D eigenvalue weighted by atomic mass is 32.1. The number of aromatic nitrogens is 1. The van der Waals surface area contributed by atoms with E-state index in [9.17, 15) is 4.79 Å². The van der Waals surface area contributed by atoms with Crippen LogP contribution in [0.25, 0.3) is 0 Å². The van der Waals surface area contributed by atoms with Crippen LogP contribution >= 0.6 is 11.3 Å². The fraction of sp³-hybridized carbons (Fsp3) is 0.0909. The van der Waals surface area contributed by atoms with E-state index in [0.717, 1.165) is 0 Å². The molecule has 1 aromatic carbocycles. The van der Waals surface area contributed by atoms with Crippen LogP contribution < -0.4 is 4.74 Å². The highest BCUT2D eigenvalue weighted by molar-refractivity contribution is 7.07. The Balaban J connectivity index is 2.42. The molecule has 0 aliphatic rings. The predicted octanol–water partition coefficient (Wildman–Crippen LogP) is 2.38. The van der Waals surface area contributed by atoms with Gasteiger partial charge < -0.3 is 4.74 Å². The zero-order valence-electron chi connectivity index (χ0n) is 8.14. The Morgan fingerprint density at radius 1 is 1.40 bits per heavy atom. The van der Waals surface area contributed by atoms with Crippen molar-refractivity contribution in [2.24, 2.45) is 0 Å². The van der Waals surface area contributed by atoms with Crippen LogP contribution in [0.5, 0.6) is 5.75 Å². The Bertz CT molecular complexity index is 465. The molecular formula is C11H9NO2S. The summed E-state index contributed by atoms with van der Waals surface area (Å²) in [7, 11) is 1.55. The number of methoxy groups -OCH3 is 1. The number of rotatable bonds is 3. The quantitative estimate of drug-likeness (QED) is 0.744. The molecule has 0 fully saturated rings. The second kappa shape index (κ2) is 4.23. The maximum Gasteiger partial charge on any atom is 0.215 e. The molecule has 0 amide bonds. The molecule has 0 unspecified atom stereocenters. The van der Waals surface area contributed by atoms with E-state index in [-0.39, 0.29) is 5.78 Å². The van der Waals surface area contributed by atoms with Crippen LogP contribution in [0, 0.1) is 0 Å². The van der Waals surface area contributed by atoms with Crippen LogP contribution in [0.2, 0.25) is 0 Å². The first-order chi connectivity index (χ1) is 7.33. The second-order valence-corrected chi connectivity index (χ2v) is 3.62. The van der Waals surface area contributed by atoms with Gasteiger partial charge in [-0.3, -0.25) is 4.79 Å². The Morgan fingerprint density at radius 2 is 2.20 bits per heavy atom. The zero-order chi connectivity index (χ0) is 10.7. The van der Waals surface area contributed by atoms with Gasteiger partial charge in [0.15, 0.2) is 0 Å². The van der Waals surface area contributed by atoms with E-state index in [1.165, 1.54) is 11.3 Å². The molecule has 2 rings (SSSR count). The molecule has 0 aliphatic heterocycles. The smallest absolute Gasteiger partial charge is 0.215 e. The molecule has 0 atom stereocenters. The lowest BCUT2D eigenvalue weighted by atomic mass is 10.1. The number of carbonyl (C=O) groups excluding carboxylic acids is 1. The van der Waals surface area contributed by atoms with Crippen LogP contribution in [0.15, 0.2) is 35.2 Å². The summed E-state index contributed by atoms with van der Waals surface area (Å²) in [5.41, 5.74) is 2.65. The van der Waals surface area contributed by atoms with Gasteiger partial charge in [-0.05, 0) is 12.1 Å². The number of carbonyl (C=O) groups is 1. The first-order valence-corrected chi connectivity index (χ1v) is 5.33. The van der Waals surface area contributed by atoms with Crippen molar-refractivity contribution >= 4 is 17.1 Å². The lowest BCUT2D eigenvalue weighted by Crippen LogP contribution is -2.03. The highest BCUT2D eigenvalue weighted by Gasteiger charge is 2.14. The molecule has 76 valence electrons. The average molecular weight is 219 g/mol. The molecule has 1 aromatic heterocycles. The standard InChI is InChI=1S/C11H9NO2S/c1-14-10-5-3-2-4-8(10)11(13)9-6-15-7-12-9/h2-7H,1H3. The molecule has 0 bridgehead atoms. The van der Waals surface area contributed by atoms with E-state index in [4.69, 9.17) is 4.74 Å².